The molecule has 0 aliphatic carbocycles. The van der Waals surface area contributed by atoms with Crippen LogP contribution in [0.3, 0.4) is 0 Å². The topological polar surface area (TPSA) is 79.5 Å². The molecule has 6 nitrogen and oxygen atoms in total. The quantitative estimate of drug-likeness (QED) is 0.748. The van der Waals surface area contributed by atoms with Gasteiger partial charge in [-0.3, -0.25) is 9.69 Å². The summed E-state index contributed by atoms with van der Waals surface area (Å²) in [5.41, 5.74) is 0.955. The minimum atomic E-state index is -0.727. The number of halogens is 1. The van der Waals surface area contributed by atoms with Crippen LogP contribution >= 0.6 is 12.4 Å². The second-order valence-electron chi connectivity index (χ2n) is 6.22. The van der Waals surface area contributed by atoms with Crippen molar-refractivity contribution >= 4 is 18.4 Å². The predicted molar refractivity (Wildman–Crippen MR) is 96.6 cm³/mol. The highest BCUT2D eigenvalue weighted by atomic mass is 35.5. The number of hydrogen-bond acceptors (Lipinski definition) is 5. The first-order valence-electron chi connectivity index (χ1n) is 8.59. The van der Waals surface area contributed by atoms with Crippen LogP contribution in [0.4, 0.5) is 0 Å². The number of piperidine rings is 1. The van der Waals surface area contributed by atoms with Crippen LogP contribution in [-0.4, -0.2) is 39.2 Å². The van der Waals surface area contributed by atoms with Crippen molar-refractivity contribution in [3.05, 3.63) is 36.2 Å². The van der Waals surface area contributed by atoms with Crippen LogP contribution in [0.25, 0.3) is 11.4 Å². The monoisotopic (exact) mass is 365 g/mol. The van der Waals surface area contributed by atoms with Crippen LogP contribution in [0.1, 0.15) is 50.5 Å². The summed E-state index contributed by atoms with van der Waals surface area (Å²) in [4.78, 5) is 17.6. The highest BCUT2D eigenvalue weighted by molar-refractivity contribution is 5.85. The molecule has 1 N–H and O–H groups in total. The van der Waals surface area contributed by atoms with Crippen molar-refractivity contribution in [3.8, 4) is 11.4 Å². The standard InChI is InChI=1S/C18H23N3O3.ClH/c22-16(23)11-5-7-13-21-12-6-4-10-15(21)18-19-17(20-24-18)14-8-2-1-3-9-14;/h1-3,8-9,15H,4-7,10-13H2,(H,22,23);1H. The number of aliphatic carboxylic acids is 1. The summed E-state index contributed by atoms with van der Waals surface area (Å²) in [6.07, 6.45) is 5.14. The van der Waals surface area contributed by atoms with Crippen molar-refractivity contribution in [1.29, 1.82) is 0 Å². The number of likely N-dealkylation sites (tertiary alicyclic amines) is 1. The summed E-state index contributed by atoms with van der Waals surface area (Å²) in [7, 11) is 0. The lowest BCUT2D eigenvalue weighted by Crippen LogP contribution is -2.34. The van der Waals surface area contributed by atoms with Gasteiger partial charge < -0.3 is 9.63 Å². The third-order valence-electron chi connectivity index (χ3n) is 4.46. The third-order valence-corrected chi connectivity index (χ3v) is 4.46. The Morgan fingerprint density at radius 2 is 2.04 bits per heavy atom. The Bertz CT molecular complexity index is 663. The molecule has 0 amide bonds. The second kappa shape index (κ2) is 9.53. The molecule has 0 radical (unpaired) electrons. The molecule has 0 bridgehead atoms. The van der Waals surface area contributed by atoms with Gasteiger partial charge >= 0.3 is 5.97 Å². The number of benzene rings is 1. The lowest BCUT2D eigenvalue weighted by molar-refractivity contribution is -0.137. The van der Waals surface area contributed by atoms with E-state index >= 15 is 0 Å². The third kappa shape index (κ3) is 5.28. The van der Waals surface area contributed by atoms with Gasteiger partial charge in [0.25, 0.3) is 0 Å². The summed E-state index contributed by atoms with van der Waals surface area (Å²) in [5, 5.41) is 12.9. The Hall–Kier alpha value is -1.92. The lowest BCUT2D eigenvalue weighted by Gasteiger charge is -2.33. The van der Waals surface area contributed by atoms with Gasteiger partial charge in [0.2, 0.25) is 11.7 Å². The van der Waals surface area contributed by atoms with Crippen LogP contribution in [0.5, 0.6) is 0 Å². The van der Waals surface area contributed by atoms with Crippen LogP contribution in [0.2, 0.25) is 0 Å². The second-order valence-corrected chi connectivity index (χ2v) is 6.22. The molecule has 25 heavy (non-hydrogen) atoms. The largest absolute Gasteiger partial charge is 0.481 e. The Kier molecular flexibility index (Phi) is 7.40. The van der Waals surface area contributed by atoms with Crippen molar-refractivity contribution in [1.82, 2.24) is 15.0 Å². The fourth-order valence-electron chi connectivity index (χ4n) is 3.20. The van der Waals surface area contributed by atoms with Gasteiger partial charge in [0.1, 0.15) is 0 Å². The molecular formula is C18H24ClN3O3. The van der Waals surface area contributed by atoms with E-state index in [1.54, 1.807) is 0 Å². The minimum Gasteiger partial charge on any atom is -0.481 e. The summed E-state index contributed by atoms with van der Waals surface area (Å²) in [6.45, 7) is 1.88. The molecule has 1 atom stereocenters. The fraction of sp³-hybridized carbons (Fsp3) is 0.500. The fourth-order valence-corrected chi connectivity index (χ4v) is 3.20. The molecule has 2 aromatic rings. The molecule has 1 aliphatic rings. The summed E-state index contributed by atoms with van der Waals surface area (Å²) in [5.74, 6) is 0.573. The van der Waals surface area contributed by atoms with E-state index in [4.69, 9.17) is 9.63 Å². The number of carboxylic acids is 1. The van der Waals surface area contributed by atoms with Gasteiger partial charge in [0.15, 0.2) is 0 Å². The molecule has 3 rings (SSSR count). The van der Waals surface area contributed by atoms with Gasteiger partial charge in [0.05, 0.1) is 6.04 Å². The molecule has 2 heterocycles. The number of nitrogens with zero attached hydrogens (tertiary/aromatic N) is 3. The zero-order valence-corrected chi connectivity index (χ0v) is 15.0. The number of unbranched alkanes of at least 4 members (excludes halogenated alkanes) is 1. The first-order chi connectivity index (χ1) is 11.7. The number of carboxylic acid groups (broad SMARTS) is 1. The number of rotatable bonds is 7. The molecule has 1 unspecified atom stereocenters. The van der Waals surface area contributed by atoms with E-state index in [1.807, 2.05) is 30.3 Å². The molecule has 136 valence electrons. The van der Waals surface area contributed by atoms with Gasteiger partial charge in [-0.25, -0.2) is 0 Å². The van der Waals surface area contributed by atoms with Crippen LogP contribution in [-0.2, 0) is 4.79 Å². The van der Waals surface area contributed by atoms with Gasteiger partial charge in [0, 0.05) is 12.0 Å². The molecule has 0 spiro atoms. The van der Waals surface area contributed by atoms with Gasteiger partial charge in [-0.05, 0) is 38.8 Å². The maximum Gasteiger partial charge on any atom is 0.303 e. The van der Waals surface area contributed by atoms with Crippen molar-refractivity contribution in [2.24, 2.45) is 0 Å². The first-order valence-corrected chi connectivity index (χ1v) is 8.59. The van der Waals surface area contributed by atoms with Gasteiger partial charge in [-0.2, -0.15) is 4.98 Å². The molecule has 1 aromatic carbocycles. The Balaban J connectivity index is 0.00000225. The van der Waals surface area contributed by atoms with E-state index in [9.17, 15) is 4.79 Å². The summed E-state index contributed by atoms with van der Waals surface area (Å²) >= 11 is 0. The Morgan fingerprint density at radius 3 is 2.80 bits per heavy atom. The number of hydrogen-bond donors (Lipinski definition) is 1. The lowest BCUT2D eigenvalue weighted by atomic mass is 10.0. The molecule has 1 fully saturated rings. The van der Waals surface area contributed by atoms with Crippen molar-refractivity contribution in [2.45, 2.75) is 44.6 Å². The van der Waals surface area contributed by atoms with E-state index < -0.39 is 5.97 Å². The SMILES string of the molecule is Cl.O=C(O)CCCCN1CCCCC1c1nc(-c2ccccc2)no1. The molecule has 1 saturated heterocycles. The molecule has 0 saturated carbocycles. The van der Waals surface area contributed by atoms with Crippen LogP contribution < -0.4 is 0 Å². The van der Waals surface area contributed by atoms with Gasteiger partial charge in [-0.15, -0.1) is 12.4 Å². The molecule has 1 aromatic heterocycles. The Morgan fingerprint density at radius 1 is 1.24 bits per heavy atom. The van der Waals surface area contributed by atoms with Crippen LogP contribution in [0, 0.1) is 0 Å². The average molecular weight is 366 g/mol. The number of carbonyl (C=O) groups is 1. The van der Waals surface area contributed by atoms with E-state index in [2.05, 4.69) is 15.0 Å². The van der Waals surface area contributed by atoms with Crippen molar-refractivity contribution in [2.75, 3.05) is 13.1 Å². The smallest absolute Gasteiger partial charge is 0.303 e. The van der Waals surface area contributed by atoms with Crippen molar-refractivity contribution < 1.29 is 14.4 Å². The minimum absolute atomic E-state index is 0. The highest BCUT2D eigenvalue weighted by Crippen LogP contribution is 2.31. The first kappa shape index (κ1) is 19.4. The van der Waals surface area contributed by atoms with E-state index in [0.29, 0.717) is 18.1 Å². The predicted octanol–water partition coefficient (Wildman–Crippen LogP) is 3.94. The maximum absolute atomic E-state index is 10.6. The number of aromatic nitrogens is 2. The summed E-state index contributed by atoms with van der Waals surface area (Å²) in [6, 6.07) is 9.97. The zero-order chi connectivity index (χ0) is 16.8. The normalized spacial score (nSPS) is 17.8. The van der Waals surface area contributed by atoms with Gasteiger partial charge in [-0.1, -0.05) is 41.9 Å². The van der Waals surface area contributed by atoms with Crippen LogP contribution in [0.15, 0.2) is 34.9 Å². The average Bonchev–Trinajstić information content (AvgIpc) is 3.10. The van der Waals surface area contributed by atoms with E-state index in [0.717, 1.165) is 44.3 Å². The molecular weight excluding hydrogens is 342 g/mol. The summed E-state index contributed by atoms with van der Waals surface area (Å²) < 4.78 is 5.54. The molecule has 7 heteroatoms. The maximum atomic E-state index is 10.6. The van der Waals surface area contributed by atoms with E-state index in [-0.39, 0.29) is 24.9 Å². The van der Waals surface area contributed by atoms with Crippen molar-refractivity contribution in [3.63, 3.8) is 0 Å². The Labute approximate surface area is 153 Å². The molecule has 1 aliphatic heterocycles. The van der Waals surface area contributed by atoms with E-state index in [1.165, 1.54) is 0 Å². The zero-order valence-electron chi connectivity index (χ0n) is 14.1. The highest BCUT2D eigenvalue weighted by Gasteiger charge is 2.28.